The van der Waals surface area contributed by atoms with E-state index in [1.54, 1.807) is 36.7 Å². The van der Waals surface area contributed by atoms with Gasteiger partial charge in [-0.25, -0.2) is 0 Å². The summed E-state index contributed by atoms with van der Waals surface area (Å²) in [5.74, 6) is -1.16. The molecular weight excluding hydrogens is 268 g/mol. The van der Waals surface area contributed by atoms with E-state index >= 15 is 0 Å². The molecule has 1 heterocycles. The van der Waals surface area contributed by atoms with E-state index in [9.17, 15) is 9.59 Å². The normalized spacial score (nSPS) is 11.6. The Balaban J connectivity index is 2.05. The van der Waals surface area contributed by atoms with Crippen LogP contribution in [0.4, 0.5) is 0 Å². The van der Waals surface area contributed by atoms with Gasteiger partial charge in [-0.1, -0.05) is 30.3 Å². The van der Waals surface area contributed by atoms with E-state index in [0.717, 1.165) is 11.1 Å². The second-order valence-corrected chi connectivity index (χ2v) is 4.66. The van der Waals surface area contributed by atoms with Crippen LogP contribution in [0.3, 0.4) is 0 Å². The Morgan fingerprint density at radius 3 is 2.38 bits per heavy atom. The number of carboxylic acids is 1. The number of aliphatic carboxylic acids is 1. The van der Waals surface area contributed by atoms with Crippen molar-refractivity contribution in [3.8, 4) is 0 Å². The average Bonchev–Trinajstić information content (AvgIpc) is 2.48. The minimum atomic E-state index is -0.951. The number of carboxylic acid groups (broad SMARTS) is 1. The first kappa shape index (κ1) is 14.7. The molecule has 0 saturated carbocycles. The van der Waals surface area contributed by atoms with Gasteiger partial charge in [0, 0.05) is 12.4 Å². The number of nitrogens with zero attached hydrogens (tertiary/aromatic N) is 1. The Hall–Kier alpha value is -2.69. The fraction of sp³-hybridized carbons (Fsp3) is 0.188. The van der Waals surface area contributed by atoms with Crippen molar-refractivity contribution in [2.75, 3.05) is 0 Å². The predicted octanol–water partition coefficient (Wildman–Crippen LogP) is 1.96. The summed E-state index contributed by atoms with van der Waals surface area (Å²) in [5.41, 5.74) is 1.62. The fourth-order valence-corrected chi connectivity index (χ4v) is 2.04. The summed E-state index contributed by atoms with van der Waals surface area (Å²) in [6.45, 7) is 0. The first-order valence-corrected chi connectivity index (χ1v) is 6.60. The van der Waals surface area contributed by atoms with Gasteiger partial charge in [-0.15, -0.1) is 0 Å². The van der Waals surface area contributed by atoms with Crippen molar-refractivity contribution < 1.29 is 14.7 Å². The van der Waals surface area contributed by atoms with E-state index < -0.39 is 12.0 Å². The third kappa shape index (κ3) is 4.72. The number of hydrogen-bond acceptors (Lipinski definition) is 3. The number of benzene rings is 1. The maximum atomic E-state index is 12.1. The number of pyridine rings is 1. The lowest BCUT2D eigenvalue weighted by Crippen LogP contribution is -2.31. The first-order valence-electron chi connectivity index (χ1n) is 6.60. The van der Waals surface area contributed by atoms with Gasteiger partial charge in [0.25, 0.3) is 0 Å². The Morgan fingerprint density at radius 2 is 1.76 bits per heavy atom. The standard InChI is InChI=1S/C16H16N2O3/c19-15(10-12-6-8-17-9-7-12)18-14(11-16(20)21)13-4-2-1-3-5-13/h1-9,14H,10-11H2,(H,18,19)(H,20,21). The average molecular weight is 284 g/mol. The minimum absolute atomic E-state index is 0.147. The molecule has 0 aliphatic rings. The second-order valence-electron chi connectivity index (χ2n) is 4.66. The molecule has 1 aromatic heterocycles. The topological polar surface area (TPSA) is 79.3 Å². The molecule has 5 nitrogen and oxygen atoms in total. The van der Waals surface area contributed by atoms with Crippen molar-refractivity contribution >= 4 is 11.9 Å². The quantitative estimate of drug-likeness (QED) is 0.849. The fourth-order valence-electron chi connectivity index (χ4n) is 2.04. The molecule has 0 fully saturated rings. The molecule has 108 valence electrons. The van der Waals surface area contributed by atoms with E-state index in [-0.39, 0.29) is 18.7 Å². The highest BCUT2D eigenvalue weighted by atomic mass is 16.4. The molecule has 2 rings (SSSR count). The van der Waals surface area contributed by atoms with Crippen LogP contribution in [0.5, 0.6) is 0 Å². The van der Waals surface area contributed by atoms with Crippen molar-refractivity contribution in [2.45, 2.75) is 18.9 Å². The molecule has 1 atom stereocenters. The van der Waals surface area contributed by atoms with Crippen molar-refractivity contribution in [1.82, 2.24) is 10.3 Å². The lowest BCUT2D eigenvalue weighted by Gasteiger charge is -2.17. The zero-order valence-electron chi connectivity index (χ0n) is 11.4. The number of carbonyl (C=O) groups excluding carboxylic acids is 1. The highest BCUT2D eigenvalue weighted by Gasteiger charge is 2.17. The van der Waals surface area contributed by atoms with Crippen LogP contribution in [0.15, 0.2) is 54.9 Å². The summed E-state index contributed by atoms with van der Waals surface area (Å²) in [7, 11) is 0. The molecule has 0 bridgehead atoms. The first-order chi connectivity index (χ1) is 10.1. The number of nitrogens with one attached hydrogen (secondary N) is 1. The van der Waals surface area contributed by atoms with Gasteiger partial charge in [0.2, 0.25) is 5.91 Å². The Bertz CT molecular complexity index is 599. The van der Waals surface area contributed by atoms with E-state index in [2.05, 4.69) is 10.3 Å². The van der Waals surface area contributed by atoms with E-state index in [4.69, 9.17) is 5.11 Å². The van der Waals surface area contributed by atoms with Crippen molar-refractivity contribution in [3.63, 3.8) is 0 Å². The molecule has 2 N–H and O–H groups in total. The number of carbonyl (C=O) groups is 2. The van der Waals surface area contributed by atoms with Gasteiger partial charge in [0.1, 0.15) is 0 Å². The molecule has 0 aliphatic carbocycles. The van der Waals surface area contributed by atoms with Crippen LogP contribution in [0.2, 0.25) is 0 Å². The van der Waals surface area contributed by atoms with Crippen LogP contribution < -0.4 is 5.32 Å². The summed E-state index contributed by atoms with van der Waals surface area (Å²) < 4.78 is 0. The second kappa shape index (κ2) is 7.19. The largest absolute Gasteiger partial charge is 0.481 e. The van der Waals surface area contributed by atoms with Crippen molar-refractivity contribution in [2.24, 2.45) is 0 Å². The van der Waals surface area contributed by atoms with Crippen LogP contribution in [0.1, 0.15) is 23.6 Å². The van der Waals surface area contributed by atoms with Gasteiger partial charge in [-0.3, -0.25) is 14.6 Å². The molecule has 2 aromatic rings. The molecule has 0 radical (unpaired) electrons. The molecule has 0 saturated heterocycles. The monoisotopic (exact) mass is 284 g/mol. The number of amides is 1. The molecule has 21 heavy (non-hydrogen) atoms. The van der Waals surface area contributed by atoms with Gasteiger partial charge in [-0.2, -0.15) is 0 Å². The van der Waals surface area contributed by atoms with Crippen LogP contribution in [0.25, 0.3) is 0 Å². The molecule has 1 amide bonds. The zero-order valence-corrected chi connectivity index (χ0v) is 11.4. The van der Waals surface area contributed by atoms with Crippen LogP contribution in [-0.2, 0) is 16.0 Å². The van der Waals surface area contributed by atoms with E-state index in [1.165, 1.54) is 0 Å². The maximum absolute atomic E-state index is 12.1. The Morgan fingerprint density at radius 1 is 1.10 bits per heavy atom. The van der Waals surface area contributed by atoms with Crippen molar-refractivity contribution in [3.05, 3.63) is 66.0 Å². The Labute approximate surface area is 122 Å². The van der Waals surface area contributed by atoms with Gasteiger partial charge < -0.3 is 10.4 Å². The zero-order chi connectivity index (χ0) is 15.1. The van der Waals surface area contributed by atoms with Gasteiger partial charge >= 0.3 is 5.97 Å². The molecule has 1 aromatic carbocycles. The van der Waals surface area contributed by atoms with Crippen LogP contribution >= 0.6 is 0 Å². The van der Waals surface area contributed by atoms with Crippen LogP contribution in [-0.4, -0.2) is 22.0 Å². The van der Waals surface area contributed by atoms with E-state index in [1.807, 2.05) is 18.2 Å². The maximum Gasteiger partial charge on any atom is 0.305 e. The lowest BCUT2D eigenvalue weighted by molar-refractivity contribution is -0.137. The van der Waals surface area contributed by atoms with Gasteiger partial charge in [0.05, 0.1) is 18.9 Å². The third-order valence-electron chi connectivity index (χ3n) is 3.03. The predicted molar refractivity (Wildman–Crippen MR) is 77.5 cm³/mol. The van der Waals surface area contributed by atoms with Gasteiger partial charge in [-0.05, 0) is 23.3 Å². The third-order valence-corrected chi connectivity index (χ3v) is 3.03. The molecule has 5 heteroatoms. The molecule has 0 aliphatic heterocycles. The summed E-state index contributed by atoms with van der Waals surface area (Å²) in [6.07, 6.45) is 3.29. The highest BCUT2D eigenvalue weighted by molar-refractivity contribution is 5.80. The molecular formula is C16H16N2O3. The number of hydrogen-bond donors (Lipinski definition) is 2. The summed E-state index contributed by atoms with van der Waals surface area (Å²) in [4.78, 5) is 26.9. The lowest BCUT2D eigenvalue weighted by atomic mass is 10.0. The summed E-state index contributed by atoms with van der Waals surface area (Å²) >= 11 is 0. The molecule has 0 spiro atoms. The summed E-state index contributed by atoms with van der Waals surface area (Å²) in [5, 5.41) is 11.8. The van der Waals surface area contributed by atoms with Gasteiger partial charge in [0.15, 0.2) is 0 Å². The Kier molecular flexibility index (Phi) is 5.04. The number of aromatic nitrogens is 1. The SMILES string of the molecule is O=C(O)CC(NC(=O)Cc1ccncc1)c1ccccc1. The number of rotatable bonds is 6. The minimum Gasteiger partial charge on any atom is -0.481 e. The molecule has 1 unspecified atom stereocenters. The summed E-state index contributed by atoms with van der Waals surface area (Å²) in [6, 6.07) is 12.1. The smallest absolute Gasteiger partial charge is 0.305 e. The van der Waals surface area contributed by atoms with Crippen LogP contribution in [0, 0.1) is 0 Å². The highest BCUT2D eigenvalue weighted by Crippen LogP contribution is 2.16. The van der Waals surface area contributed by atoms with E-state index in [0.29, 0.717) is 0 Å². The van der Waals surface area contributed by atoms with Crippen molar-refractivity contribution in [1.29, 1.82) is 0 Å².